The molecule has 1 heterocycles. The molecule has 0 radical (unpaired) electrons. The van der Waals surface area contributed by atoms with Gasteiger partial charge >= 0.3 is 0 Å². The molecule has 4 N–H and O–H groups in total. The average Bonchev–Trinajstić information content (AvgIpc) is 2.98. The summed E-state index contributed by atoms with van der Waals surface area (Å²) >= 11 is 0. The van der Waals surface area contributed by atoms with Crippen molar-refractivity contribution in [1.29, 1.82) is 0 Å². The molecule has 0 bridgehead atoms. The summed E-state index contributed by atoms with van der Waals surface area (Å²) < 4.78 is 5.40. The van der Waals surface area contributed by atoms with E-state index in [9.17, 15) is 4.79 Å². The zero-order valence-corrected chi connectivity index (χ0v) is 10.7. The number of rotatable bonds is 3. The number of nitrogens with one attached hydrogen (secondary N) is 1. The average molecular weight is 255 g/mol. The van der Waals surface area contributed by atoms with Gasteiger partial charge in [0.25, 0.3) is 0 Å². The van der Waals surface area contributed by atoms with Crippen LogP contribution >= 0.6 is 0 Å². The van der Waals surface area contributed by atoms with E-state index in [2.05, 4.69) is 10.5 Å². The van der Waals surface area contributed by atoms with E-state index in [0.29, 0.717) is 6.61 Å². The van der Waals surface area contributed by atoms with E-state index in [1.807, 2.05) is 6.92 Å². The summed E-state index contributed by atoms with van der Waals surface area (Å²) in [5.74, 6) is -0.0582. The number of amidine groups is 1. The van der Waals surface area contributed by atoms with Crippen molar-refractivity contribution in [3.05, 3.63) is 0 Å². The van der Waals surface area contributed by atoms with Crippen molar-refractivity contribution in [2.75, 3.05) is 6.61 Å². The van der Waals surface area contributed by atoms with Crippen LogP contribution in [-0.2, 0) is 9.53 Å². The molecule has 2 rings (SSSR count). The van der Waals surface area contributed by atoms with Crippen molar-refractivity contribution in [3.63, 3.8) is 0 Å². The maximum atomic E-state index is 12.2. The highest BCUT2D eigenvalue weighted by Gasteiger charge is 2.41. The van der Waals surface area contributed by atoms with Crippen LogP contribution in [-0.4, -0.2) is 35.2 Å². The molecule has 0 aromatic heterocycles. The Morgan fingerprint density at radius 3 is 2.67 bits per heavy atom. The molecule has 2 fully saturated rings. The van der Waals surface area contributed by atoms with Gasteiger partial charge < -0.3 is 21.0 Å². The minimum atomic E-state index is -0.655. The lowest BCUT2D eigenvalue weighted by Gasteiger charge is -2.29. The fourth-order valence-electron chi connectivity index (χ4n) is 2.86. The first-order valence-electron chi connectivity index (χ1n) is 6.49. The molecular formula is C12H21N3O3. The largest absolute Gasteiger partial charge is 0.409 e. The van der Waals surface area contributed by atoms with Crippen LogP contribution in [0.15, 0.2) is 5.16 Å². The Labute approximate surface area is 107 Å². The molecule has 1 saturated carbocycles. The van der Waals surface area contributed by atoms with E-state index in [4.69, 9.17) is 15.7 Å². The Kier molecular flexibility index (Phi) is 3.75. The molecule has 102 valence electrons. The van der Waals surface area contributed by atoms with Crippen LogP contribution in [0.1, 0.15) is 39.0 Å². The van der Waals surface area contributed by atoms with Crippen LogP contribution in [0, 0.1) is 5.92 Å². The summed E-state index contributed by atoms with van der Waals surface area (Å²) in [6, 6.07) is 0. The Balaban J connectivity index is 2.03. The third kappa shape index (κ3) is 2.43. The van der Waals surface area contributed by atoms with E-state index in [1.165, 1.54) is 0 Å². The van der Waals surface area contributed by atoms with Crippen LogP contribution in [0.3, 0.4) is 0 Å². The number of carbonyl (C=O) groups is 1. The summed E-state index contributed by atoms with van der Waals surface area (Å²) in [5, 5.41) is 14.9. The number of hydrogen-bond acceptors (Lipinski definition) is 4. The van der Waals surface area contributed by atoms with E-state index >= 15 is 0 Å². The molecular weight excluding hydrogens is 234 g/mol. The molecule has 6 nitrogen and oxygen atoms in total. The first-order chi connectivity index (χ1) is 8.57. The third-order valence-electron chi connectivity index (χ3n) is 3.99. The van der Waals surface area contributed by atoms with Gasteiger partial charge in [0, 0.05) is 0 Å². The molecule has 2 atom stereocenters. The summed E-state index contributed by atoms with van der Waals surface area (Å²) in [4.78, 5) is 12.2. The number of ether oxygens (including phenoxy) is 1. The molecule has 6 heteroatoms. The molecule has 0 aromatic rings. The number of oxime groups is 1. The number of nitrogens with two attached hydrogens (primary N) is 1. The van der Waals surface area contributed by atoms with Crippen molar-refractivity contribution < 1.29 is 14.7 Å². The Morgan fingerprint density at radius 1 is 1.50 bits per heavy atom. The highest BCUT2D eigenvalue weighted by molar-refractivity contribution is 5.94. The van der Waals surface area contributed by atoms with Gasteiger partial charge in [-0.3, -0.25) is 4.79 Å². The molecule has 0 spiro atoms. The van der Waals surface area contributed by atoms with E-state index in [1.54, 1.807) is 0 Å². The van der Waals surface area contributed by atoms with Crippen LogP contribution in [0.2, 0.25) is 0 Å². The van der Waals surface area contributed by atoms with Crippen molar-refractivity contribution in [2.45, 2.75) is 50.7 Å². The van der Waals surface area contributed by atoms with Crippen molar-refractivity contribution in [3.8, 4) is 0 Å². The van der Waals surface area contributed by atoms with Gasteiger partial charge in [-0.25, -0.2) is 0 Å². The van der Waals surface area contributed by atoms with E-state index in [0.717, 1.165) is 32.1 Å². The second kappa shape index (κ2) is 5.14. The maximum Gasteiger partial charge on any atom is 0.226 e. The van der Waals surface area contributed by atoms with Gasteiger partial charge in [0.1, 0.15) is 5.54 Å². The smallest absolute Gasteiger partial charge is 0.226 e. The van der Waals surface area contributed by atoms with Gasteiger partial charge in [0.05, 0.1) is 18.6 Å². The van der Waals surface area contributed by atoms with Crippen molar-refractivity contribution in [2.24, 2.45) is 16.8 Å². The molecule has 1 aliphatic carbocycles. The molecule has 1 saturated heterocycles. The molecule has 2 aliphatic rings. The van der Waals surface area contributed by atoms with E-state index in [-0.39, 0.29) is 23.8 Å². The predicted octanol–water partition coefficient (Wildman–Crippen LogP) is 0.587. The fraction of sp³-hybridized carbons (Fsp3) is 0.833. The summed E-state index contributed by atoms with van der Waals surface area (Å²) in [7, 11) is 0. The van der Waals surface area contributed by atoms with Gasteiger partial charge in [-0.05, 0) is 26.2 Å². The highest BCUT2D eigenvalue weighted by atomic mass is 16.5. The van der Waals surface area contributed by atoms with Crippen LogP contribution < -0.4 is 11.1 Å². The second-order valence-corrected chi connectivity index (χ2v) is 5.34. The zero-order valence-electron chi connectivity index (χ0n) is 10.7. The Bertz CT molecular complexity index is 350. The van der Waals surface area contributed by atoms with Crippen molar-refractivity contribution >= 4 is 11.7 Å². The third-order valence-corrected chi connectivity index (χ3v) is 3.99. The molecule has 2 unspecified atom stereocenters. The minimum Gasteiger partial charge on any atom is -0.409 e. The van der Waals surface area contributed by atoms with Gasteiger partial charge in [-0.2, -0.15) is 0 Å². The standard InChI is InChI=1S/C12H21N3O3/c1-8-6-9(7-18-8)10(16)14-12(11(13)15-17)4-2-3-5-12/h8-9,17H,2-7H2,1H3,(H2,13,15)(H,14,16). The lowest BCUT2D eigenvalue weighted by atomic mass is 9.94. The molecule has 18 heavy (non-hydrogen) atoms. The lowest BCUT2D eigenvalue weighted by Crippen LogP contribution is -2.57. The first-order valence-corrected chi connectivity index (χ1v) is 6.49. The monoisotopic (exact) mass is 255 g/mol. The van der Waals surface area contributed by atoms with Gasteiger partial charge in [0.2, 0.25) is 5.91 Å². The maximum absolute atomic E-state index is 12.2. The molecule has 1 aliphatic heterocycles. The summed E-state index contributed by atoms with van der Waals surface area (Å²) in [6.45, 7) is 2.42. The number of hydrogen-bond donors (Lipinski definition) is 3. The van der Waals surface area contributed by atoms with E-state index < -0.39 is 5.54 Å². The zero-order chi connectivity index (χ0) is 13.2. The van der Waals surface area contributed by atoms with Gasteiger partial charge in [-0.1, -0.05) is 18.0 Å². The number of amides is 1. The highest BCUT2D eigenvalue weighted by Crippen LogP contribution is 2.31. The second-order valence-electron chi connectivity index (χ2n) is 5.34. The number of nitrogens with zero attached hydrogens (tertiary/aromatic N) is 1. The van der Waals surface area contributed by atoms with Gasteiger partial charge in [-0.15, -0.1) is 0 Å². The van der Waals surface area contributed by atoms with Crippen LogP contribution in [0.25, 0.3) is 0 Å². The predicted molar refractivity (Wildman–Crippen MR) is 66.3 cm³/mol. The van der Waals surface area contributed by atoms with Gasteiger partial charge in [0.15, 0.2) is 5.84 Å². The number of carbonyl (C=O) groups excluding carboxylic acids is 1. The van der Waals surface area contributed by atoms with Crippen molar-refractivity contribution in [1.82, 2.24) is 5.32 Å². The molecule has 1 amide bonds. The summed E-state index contributed by atoms with van der Waals surface area (Å²) in [5.41, 5.74) is 5.09. The SMILES string of the molecule is CC1CC(C(=O)NC2(C(N)=NO)CCCC2)CO1. The quantitative estimate of drug-likeness (QED) is 0.297. The lowest BCUT2D eigenvalue weighted by molar-refractivity contribution is -0.126. The topological polar surface area (TPSA) is 96.9 Å². The van der Waals surface area contributed by atoms with Crippen LogP contribution in [0.4, 0.5) is 0 Å². The Hall–Kier alpha value is -1.30. The summed E-state index contributed by atoms with van der Waals surface area (Å²) in [6.07, 6.45) is 4.29. The fourth-order valence-corrected chi connectivity index (χ4v) is 2.86. The molecule has 0 aromatic carbocycles. The normalized spacial score (nSPS) is 31.5. The van der Waals surface area contributed by atoms with Crippen LogP contribution in [0.5, 0.6) is 0 Å². The first kappa shape index (κ1) is 13.1. The Morgan fingerprint density at radius 2 is 2.17 bits per heavy atom. The minimum absolute atomic E-state index is 0.0483.